The molecule has 0 atom stereocenters. The molecule has 1 heterocycles. The maximum absolute atomic E-state index is 13.6. The summed E-state index contributed by atoms with van der Waals surface area (Å²) in [4.78, 5) is 15.9. The van der Waals surface area contributed by atoms with Crippen LogP contribution in [0.5, 0.6) is 5.75 Å². The summed E-state index contributed by atoms with van der Waals surface area (Å²) in [5.74, 6) is -1.000. The molecule has 0 spiro atoms. The van der Waals surface area contributed by atoms with Crippen molar-refractivity contribution in [3.8, 4) is 17.1 Å². The number of esters is 1. The number of para-hydroxylation sites is 1. The van der Waals surface area contributed by atoms with Gasteiger partial charge in [0.05, 0.1) is 0 Å². The van der Waals surface area contributed by atoms with Crippen LogP contribution in [0.3, 0.4) is 0 Å². The van der Waals surface area contributed by atoms with Gasteiger partial charge in [0.2, 0.25) is 5.82 Å². The number of hydrogen-bond acceptors (Lipinski definition) is 6. The van der Waals surface area contributed by atoms with E-state index in [1.54, 1.807) is 31.2 Å². The Hall–Kier alpha value is -3.22. The van der Waals surface area contributed by atoms with Gasteiger partial charge in [0, 0.05) is 5.56 Å². The molecular weight excluding hydrogens is 315 g/mol. The Labute approximate surface area is 136 Å². The molecule has 0 amide bonds. The second-order valence-electron chi connectivity index (χ2n) is 5.07. The Bertz CT molecular complexity index is 892. The van der Waals surface area contributed by atoms with Crippen molar-refractivity contribution in [3.63, 3.8) is 0 Å². The van der Waals surface area contributed by atoms with Gasteiger partial charge < -0.3 is 14.4 Å². The fourth-order valence-corrected chi connectivity index (χ4v) is 2.01. The number of aryl methyl sites for hydroxylation is 1. The predicted molar refractivity (Wildman–Crippen MR) is 81.7 cm³/mol. The molecule has 0 aliphatic carbocycles. The highest BCUT2D eigenvalue weighted by atomic mass is 19.1. The average molecular weight is 328 g/mol. The van der Waals surface area contributed by atoms with Crippen LogP contribution in [0.2, 0.25) is 0 Å². The Morgan fingerprint density at radius 2 is 2.08 bits per heavy atom. The van der Waals surface area contributed by atoms with E-state index in [1.165, 1.54) is 18.2 Å². The lowest BCUT2D eigenvalue weighted by Gasteiger charge is -2.03. The minimum absolute atomic E-state index is 0.0397. The quantitative estimate of drug-likeness (QED) is 0.740. The number of hydrogen-bond donors (Lipinski definition) is 1. The second-order valence-corrected chi connectivity index (χ2v) is 5.07. The molecule has 7 heteroatoms. The molecule has 0 bridgehead atoms. The van der Waals surface area contributed by atoms with Crippen LogP contribution in [0, 0.1) is 12.7 Å². The van der Waals surface area contributed by atoms with E-state index < -0.39 is 5.97 Å². The van der Waals surface area contributed by atoms with Gasteiger partial charge in [-0.2, -0.15) is 4.98 Å². The number of ether oxygens (including phenoxy) is 1. The normalized spacial score (nSPS) is 10.6. The SMILES string of the molecule is Cc1ccc(-c2noc(COC(=O)c3ccccc3O)n2)cc1F. The summed E-state index contributed by atoms with van der Waals surface area (Å²) in [6.45, 7) is 1.40. The lowest BCUT2D eigenvalue weighted by atomic mass is 10.1. The molecule has 3 aromatic rings. The van der Waals surface area contributed by atoms with E-state index in [0.29, 0.717) is 11.1 Å². The Balaban J connectivity index is 1.69. The fraction of sp³-hybridized carbons (Fsp3) is 0.118. The van der Waals surface area contributed by atoms with Gasteiger partial charge in [-0.1, -0.05) is 29.4 Å². The van der Waals surface area contributed by atoms with Crippen LogP contribution in [0.1, 0.15) is 21.8 Å². The van der Waals surface area contributed by atoms with Crippen molar-refractivity contribution < 1.29 is 23.6 Å². The van der Waals surface area contributed by atoms with Crippen molar-refractivity contribution in [2.24, 2.45) is 0 Å². The van der Waals surface area contributed by atoms with E-state index in [9.17, 15) is 14.3 Å². The number of benzene rings is 2. The molecule has 6 nitrogen and oxygen atoms in total. The van der Waals surface area contributed by atoms with Crippen LogP contribution in [0.4, 0.5) is 4.39 Å². The van der Waals surface area contributed by atoms with E-state index in [4.69, 9.17) is 9.26 Å². The highest BCUT2D eigenvalue weighted by Crippen LogP contribution is 2.20. The molecule has 1 N–H and O–H groups in total. The minimum atomic E-state index is -0.714. The molecule has 0 unspecified atom stereocenters. The third-order valence-corrected chi connectivity index (χ3v) is 3.35. The number of rotatable bonds is 4. The number of phenolic OH excluding ortho intramolecular Hbond substituents is 1. The number of phenols is 1. The van der Waals surface area contributed by atoms with E-state index in [1.807, 2.05) is 0 Å². The van der Waals surface area contributed by atoms with E-state index in [2.05, 4.69) is 10.1 Å². The first-order valence-electron chi connectivity index (χ1n) is 7.09. The van der Waals surface area contributed by atoms with Crippen LogP contribution < -0.4 is 0 Å². The van der Waals surface area contributed by atoms with Crippen molar-refractivity contribution in [3.05, 3.63) is 65.3 Å². The van der Waals surface area contributed by atoms with Gasteiger partial charge in [0.25, 0.3) is 5.89 Å². The summed E-state index contributed by atoms with van der Waals surface area (Å²) >= 11 is 0. The number of carbonyl (C=O) groups excluding carboxylic acids is 1. The van der Waals surface area contributed by atoms with E-state index >= 15 is 0 Å². The number of aromatic nitrogens is 2. The molecule has 0 fully saturated rings. The van der Waals surface area contributed by atoms with Gasteiger partial charge in [-0.05, 0) is 30.7 Å². The number of aromatic hydroxyl groups is 1. The average Bonchev–Trinajstić information content (AvgIpc) is 3.04. The molecule has 0 saturated carbocycles. The summed E-state index contributed by atoms with van der Waals surface area (Å²) in [7, 11) is 0. The Kier molecular flexibility index (Phi) is 4.24. The smallest absolute Gasteiger partial charge is 0.342 e. The summed E-state index contributed by atoms with van der Waals surface area (Å²) in [5.41, 5.74) is 1.01. The largest absolute Gasteiger partial charge is 0.507 e. The van der Waals surface area contributed by atoms with Crippen LogP contribution in [-0.2, 0) is 11.3 Å². The third-order valence-electron chi connectivity index (χ3n) is 3.35. The Morgan fingerprint density at radius 3 is 2.83 bits per heavy atom. The van der Waals surface area contributed by atoms with Crippen molar-refractivity contribution in [2.75, 3.05) is 0 Å². The number of halogens is 1. The van der Waals surface area contributed by atoms with Crippen molar-refractivity contribution in [1.82, 2.24) is 10.1 Å². The highest BCUT2D eigenvalue weighted by Gasteiger charge is 2.15. The van der Waals surface area contributed by atoms with Gasteiger partial charge in [0.15, 0.2) is 6.61 Å². The molecule has 24 heavy (non-hydrogen) atoms. The zero-order chi connectivity index (χ0) is 17.1. The molecular formula is C17H13FN2O4. The van der Waals surface area contributed by atoms with Crippen LogP contribution >= 0.6 is 0 Å². The van der Waals surface area contributed by atoms with Crippen molar-refractivity contribution >= 4 is 5.97 Å². The summed E-state index contributed by atoms with van der Waals surface area (Å²) in [6.07, 6.45) is 0. The van der Waals surface area contributed by atoms with Crippen molar-refractivity contribution in [1.29, 1.82) is 0 Å². The van der Waals surface area contributed by atoms with Crippen LogP contribution in [-0.4, -0.2) is 21.2 Å². The maximum atomic E-state index is 13.6. The first kappa shape index (κ1) is 15.7. The molecule has 0 aliphatic rings. The van der Waals surface area contributed by atoms with Crippen LogP contribution in [0.25, 0.3) is 11.4 Å². The van der Waals surface area contributed by atoms with Gasteiger partial charge in [-0.3, -0.25) is 0 Å². The lowest BCUT2D eigenvalue weighted by molar-refractivity contribution is 0.0426. The van der Waals surface area contributed by atoms with Gasteiger partial charge >= 0.3 is 5.97 Å². The molecule has 3 rings (SSSR count). The lowest BCUT2D eigenvalue weighted by Crippen LogP contribution is -2.05. The molecule has 0 aliphatic heterocycles. The monoisotopic (exact) mass is 328 g/mol. The number of carbonyl (C=O) groups is 1. The van der Waals surface area contributed by atoms with Gasteiger partial charge in [-0.15, -0.1) is 0 Å². The first-order valence-corrected chi connectivity index (χ1v) is 7.09. The van der Waals surface area contributed by atoms with E-state index in [0.717, 1.165) is 0 Å². The highest BCUT2D eigenvalue weighted by molar-refractivity contribution is 5.92. The van der Waals surface area contributed by atoms with E-state index in [-0.39, 0.29) is 35.5 Å². The Morgan fingerprint density at radius 1 is 1.29 bits per heavy atom. The minimum Gasteiger partial charge on any atom is -0.507 e. The number of nitrogens with zero attached hydrogens (tertiary/aromatic N) is 2. The molecule has 0 radical (unpaired) electrons. The van der Waals surface area contributed by atoms with Crippen LogP contribution in [0.15, 0.2) is 47.0 Å². The topological polar surface area (TPSA) is 85.5 Å². The zero-order valence-electron chi connectivity index (χ0n) is 12.7. The molecule has 1 aromatic heterocycles. The fourth-order valence-electron chi connectivity index (χ4n) is 2.01. The molecule has 122 valence electrons. The van der Waals surface area contributed by atoms with Gasteiger partial charge in [-0.25, -0.2) is 9.18 Å². The standard InChI is InChI=1S/C17H13FN2O4/c1-10-6-7-11(8-13(10)18)16-19-15(24-20-16)9-23-17(22)12-4-2-3-5-14(12)21/h2-8,21H,9H2,1H3. The summed E-state index contributed by atoms with van der Waals surface area (Å²) < 4.78 is 23.6. The summed E-state index contributed by atoms with van der Waals surface area (Å²) in [6, 6.07) is 10.6. The second kappa shape index (κ2) is 6.49. The summed E-state index contributed by atoms with van der Waals surface area (Å²) in [5, 5.41) is 13.3. The van der Waals surface area contributed by atoms with Gasteiger partial charge in [0.1, 0.15) is 17.1 Å². The zero-order valence-corrected chi connectivity index (χ0v) is 12.7. The molecule has 2 aromatic carbocycles. The maximum Gasteiger partial charge on any atom is 0.342 e. The molecule has 0 saturated heterocycles. The predicted octanol–water partition coefficient (Wildman–Crippen LogP) is 3.25. The first-order chi connectivity index (χ1) is 11.5. The third kappa shape index (κ3) is 3.24. The van der Waals surface area contributed by atoms with Crippen molar-refractivity contribution in [2.45, 2.75) is 13.5 Å².